The number of hydrogen-bond acceptors (Lipinski definition) is 4. The molecule has 1 aliphatic rings. The number of benzene rings is 1. The van der Waals surface area contributed by atoms with Gasteiger partial charge in [-0.15, -0.1) is 24.0 Å². The molecule has 0 saturated carbocycles. The molecule has 1 aromatic rings. The summed E-state index contributed by atoms with van der Waals surface area (Å²) < 4.78 is 5.38. The van der Waals surface area contributed by atoms with E-state index in [-0.39, 0.29) is 34.6 Å². The molecule has 1 saturated heterocycles. The molecule has 23 heavy (non-hydrogen) atoms. The third-order valence-electron chi connectivity index (χ3n) is 3.75. The first-order valence-corrected chi connectivity index (χ1v) is 7.33. The second-order valence-corrected chi connectivity index (χ2v) is 5.40. The van der Waals surface area contributed by atoms with Gasteiger partial charge < -0.3 is 15.0 Å². The highest BCUT2D eigenvalue weighted by atomic mass is 127. The second-order valence-electron chi connectivity index (χ2n) is 5.40. The molecule has 8 heteroatoms. The molecule has 1 unspecified atom stereocenters. The van der Waals surface area contributed by atoms with Gasteiger partial charge in [-0.1, -0.05) is 18.2 Å². The number of nitro benzene ring substituents is 1. The fraction of sp³-hybridized carbons (Fsp3) is 0.533. The summed E-state index contributed by atoms with van der Waals surface area (Å²) in [5, 5.41) is 14.2. The number of hydrogen-bond donors (Lipinski definition) is 1. The quantitative estimate of drug-likeness (QED) is 0.253. The van der Waals surface area contributed by atoms with E-state index in [1.54, 1.807) is 25.2 Å². The van der Waals surface area contributed by atoms with E-state index in [9.17, 15) is 10.1 Å². The average molecular weight is 434 g/mol. The minimum absolute atomic E-state index is 0. The van der Waals surface area contributed by atoms with Gasteiger partial charge in [0.05, 0.1) is 11.5 Å². The van der Waals surface area contributed by atoms with Crippen LogP contribution in [0.1, 0.15) is 12.0 Å². The van der Waals surface area contributed by atoms with Crippen LogP contribution in [0.15, 0.2) is 29.3 Å². The number of nitrogens with one attached hydrogen (secondary N) is 1. The van der Waals surface area contributed by atoms with E-state index >= 15 is 0 Å². The van der Waals surface area contributed by atoms with Crippen LogP contribution in [-0.2, 0) is 11.3 Å². The Kier molecular flexibility index (Phi) is 8.24. The number of halogens is 1. The maximum absolute atomic E-state index is 11.0. The van der Waals surface area contributed by atoms with Crippen molar-refractivity contribution in [2.75, 3.05) is 33.9 Å². The molecule has 128 valence electrons. The number of nitrogens with zero attached hydrogens (tertiary/aromatic N) is 3. The lowest BCUT2D eigenvalue weighted by Crippen LogP contribution is -2.41. The van der Waals surface area contributed by atoms with E-state index < -0.39 is 0 Å². The number of nitro groups is 1. The van der Waals surface area contributed by atoms with Gasteiger partial charge in [0.2, 0.25) is 0 Å². The van der Waals surface area contributed by atoms with E-state index in [2.05, 4.69) is 10.3 Å². The van der Waals surface area contributed by atoms with Crippen molar-refractivity contribution in [1.29, 1.82) is 0 Å². The third kappa shape index (κ3) is 5.61. The Balaban J connectivity index is 0.00000264. The topological polar surface area (TPSA) is 80.0 Å². The summed E-state index contributed by atoms with van der Waals surface area (Å²) in [5.74, 6) is 1.24. The molecule has 0 radical (unpaired) electrons. The molecule has 1 N–H and O–H groups in total. The summed E-state index contributed by atoms with van der Waals surface area (Å²) in [4.78, 5) is 16.9. The number of guanidine groups is 1. The van der Waals surface area contributed by atoms with Crippen LogP contribution < -0.4 is 5.32 Å². The molecule has 1 aromatic carbocycles. The van der Waals surface area contributed by atoms with E-state index in [1.807, 2.05) is 11.9 Å². The van der Waals surface area contributed by atoms with Crippen LogP contribution >= 0.6 is 24.0 Å². The largest absolute Gasteiger partial charge is 0.381 e. The minimum Gasteiger partial charge on any atom is -0.381 e. The van der Waals surface area contributed by atoms with E-state index in [0.29, 0.717) is 18.0 Å². The molecule has 0 bridgehead atoms. The maximum Gasteiger partial charge on any atom is 0.274 e. The first-order chi connectivity index (χ1) is 10.6. The van der Waals surface area contributed by atoms with Crippen molar-refractivity contribution in [3.63, 3.8) is 0 Å². The Labute approximate surface area is 153 Å². The summed E-state index contributed by atoms with van der Waals surface area (Å²) >= 11 is 0. The van der Waals surface area contributed by atoms with Gasteiger partial charge in [0.15, 0.2) is 5.96 Å². The first kappa shape index (κ1) is 19.6. The smallest absolute Gasteiger partial charge is 0.274 e. The molecule has 0 aliphatic carbocycles. The highest BCUT2D eigenvalue weighted by Gasteiger charge is 2.19. The number of aliphatic imine (C=N–C) groups is 1. The number of rotatable bonds is 5. The number of ether oxygens (including phenoxy) is 1. The lowest BCUT2D eigenvalue weighted by Gasteiger charge is -2.24. The van der Waals surface area contributed by atoms with E-state index in [4.69, 9.17) is 4.74 Å². The maximum atomic E-state index is 11.0. The van der Waals surface area contributed by atoms with Crippen molar-refractivity contribution in [3.8, 4) is 0 Å². The molecule has 0 amide bonds. The van der Waals surface area contributed by atoms with E-state index in [1.165, 1.54) is 6.07 Å². The highest BCUT2D eigenvalue weighted by Crippen LogP contribution is 2.17. The zero-order valence-electron chi connectivity index (χ0n) is 13.4. The fourth-order valence-corrected chi connectivity index (χ4v) is 2.60. The van der Waals surface area contributed by atoms with Gasteiger partial charge >= 0.3 is 0 Å². The number of para-hydroxylation sites is 1. The van der Waals surface area contributed by atoms with Gasteiger partial charge in [-0.05, 0) is 6.42 Å². The predicted octanol–water partition coefficient (Wildman–Crippen LogP) is 2.26. The molecule has 1 heterocycles. The summed E-state index contributed by atoms with van der Waals surface area (Å²) in [7, 11) is 3.68. The molecule has 1 atom stereocenters. The van der Waals surface area contributed by atoms with Crippen LogP contribution in [0.5, 0.6) is 0 Å². The average Bonchev–Trinajstić information content (AvgIpc) is 3.01. The Bertz CT molecular complexity index is 547. The van der Waals surface area contributed by atoms with Gasteiger partial charge in [0, 0.05) is 51.3 Å². The second kappa shape index (κ2) is 9.66. The van der Waals surface area contributed by atoms with Crippen molar-refractivity contribution in [1.82, 2.24) is 10.2 Å². The molecule has 1 fully saturated rings. The standard InChI is InChI=1S/C15H22N4O3.HI/c1-16-15(18(2)10-12-7-8-22-11-12)17-9-13-5-3-4-6-14(13)19(20)21;/h3-6,12H,7-11H2,1-2H3,(H,16,17);1H. The van der Waals surface area contributed by atoms with Crippen LogP contribution in [0.4, 0.5) is 5.69 Å². The van der Waals surface area contributed by atoms with Gasteiger partial charge in [-0.25, -0.2) is 0 Å². The lowest BCUT2D eigenvalue weighted by atomic mass is 10.1. The monoisotopic (exact) mass is 434 g/mol. The molecular formula is C15H23IN4O3. The first-order valence-electron chi connectivity index (χ1n) is 7.33. The van der Waals surface area contributed by atoms with Crippen LogP contribution in [0.25, 0.3) is 0 Å². The molecular weight excluding hydrogens is 411 g/mol. The molecule has 0 aromatic heterocycles. The molecule has 7 nitrogen and oxygen atoms in total. The SMILES string of the molecule is CN=C(NCc1ccccc1[N+](=O)[O-])N(C)CC1CCOC1.I. The van der Waals surface area contributed by atoms with Crippen LogP contribution in [0.2, 0.25) is 0 Å². The van der Waals surface area contributed by atoms with Gasteiger partial charge in [0.1, 0.15) is 0 Å². The highest BCUT2D eigenvalue weighted by molar-refractivity contribution is 14.0. The van der Waals surface area contributed by atoms with Crippen LogP contribution in [0, 0.1) is 16.0 Å². The Hall–Kier alpha value is -1.42. The van der Waals surface area contributed by atoms with Crippen LogP contribution in [0.3, 0.4) is 0 Å². The van der Waals surface area contributed by atoms with Gasteiger partial charge in [0.25, 0.3) is 5.69 Å². The molecule has 0 spiro atoms. The van der Waals surface area contributed by atoms with Crippen molar-refractivity contribution in [3.05, 3.63) is 39.9 Å². The van der Waals surface area contributed by atoms with Crippen molar-refractivity contribution < 1.29 is 9.66 Å². The third-order valence-corrected chi connectivity index (χ3v) is 3.75. The van der Waals surface area contributed by atoms with Crippen molar-refractivity contribution in [2.45, 2.75) is 13.0 Å². The van der Waals surface area contributed by atoms with Gasteiger partial charge in [-0.2, -0.15) is 0 Å². The van der Waals surface area contributed by atoms with Crippen molar-refractivity contribution in [2.24, 2.45) is 10.9 Å². The zero-order chi connectivity index (χ0) is 15.9. The normalized spacial score (nSPS) is 17.5. The van der Waals surface area contributed by atoms with Crippen molar-refractivity contribution >= 4 is 35.6 Å². The summed E-state index contributed by atoms with van der Waals surface area (Å²) in [6.45, 7) is 2.83. The lowest BCUT2D eigenvalue weighted by molar-refractivity contribution is -0.385. The van der Waals surface area contributed by atoms with Gasteiger partial charge in [-0.3, -0.25) is 15.1 Å². The zero-order valence-corrected chi connectivity index (χ0v) is 15.7. The summed E-state index contributed by atoms with van der Waals surface area (Å²) in [6.07, 6.45) is 1.06. The van der Waals surface area contributed by atoms with E-state index in [0.717, 1.165) is 32.1 Å². The molecule has 2 rings (SSSR count). The Morgan fingerprint density at radius 2 is 2.26 bits per heavy atom. The Morgan fingerprint density at radius 1 is 1.52 bits per heavy atom. The minimum atomic E-state index is -0.362. The summed E-state index contributed by atoms with van der Waals surface area (Å²) in [5.41, 5.74) is 0.767. The molecule has 1 aliphatic heterocycles. The Morgan fingerprint density at radius 3 is 2.87 bits per heavy atom. The predicted molar refractivity (Wildman–Crippen MR) is 100 cm³/mol. The summed E-state index contributed by atoms with van der Waals surface area (Å²) in [6, 6.07) is 6.73. The van der Waals surface area contributed by atoms with Crippen LogP contribution in [-0.4, -0.2) is 49.6 Å². The fourth-order valence-electron chi connectivity index (χ4n) is 2.60.